The van der Waals surface area contributed by atoms with Gasteiger partial charge in [0.1, 0.15) is 5.54 Å². The summed E-state index contributed by atoms with van der Waals surface area (Å²) < 4.78 is 0. The summed E-state index contributed by atoms with van der Waals surface area (Å²) in [6, 6.07) is 12.6. The van der Waals surface area contributed by atoms with Crippen molar-refractivity contribution in [2.75, 3.05) is 15.5 Å². The van der Waals surface area contributed by atoms with Crippen molar-refractivity contribution in [1.29, 1.82) is 0 Å². The zero-order valence-corrected chi connectivity index (χ0v) is 15.1. The molecule has 1 aliphatic rings. The molecule has 0 aliphatic carbocycles. The molecule has 1 aliphatic heterocycles. The Hall–Kier alpha value is -2.91. The fourth-order valence-electron chi connectivity index (χ4n) is 2.98. The van der Waals surface area contributed by atoms with Crippen molar-refractivity contribution in [3.05, 3.63) is 59.4 Å². The fourth-order valence-corrected chi connectivity index (χ4v) is 3.51. The Morgan fingerprint density at radius 1 is 1.12 bits per heavy atom. The van der Waals surface area contributed by atoms with Gasteiger partial charge in [-0.1, -0.05) is 6.07 Å². The fraction of sp³-hybridized carbons (Fsp3) is 0.211. The van der Waals surface area contributed by atoms with E-state index in [1.54, 1.807) is 24.3 Å². The predicted octanol–water partition coefficient (Wildman–Crippen LogP) is 4.04. The molecule has 0 saturated carbocycles. The monoisotopic (exact) mass is 350 g/mol. The predicted molar refractivity (Wildman–Crippen MR) is 105 cm³/mol. The van der Waals surface area contributed by atoms with Crippen molar-refractivity contribution in [1.82, 2.24) is 0 Å². The van der Waals surface area contributed by atoms with Gasteiger partial charge in [-0.3, -0.25) is 9.69 Å². The van der Waals surface area contributed by atoms with Crippen LogP contribution in [-0.2, 0) is 4.79 Å². The largest absolute Gasteiger partial charge is 0.399 e. The summed E-state index contributed by atoms with van der Waals surface area (Å²) in [4.78, 5) is 19.9. The van der Waals surface area contributed by atoms with E-state index in [2.05, 4.69) is 4.85 Å². The number of nitrogens with zero attached hydrogens (tertiary/aromatic N) is 3. The van der Waals surface area contributed by atoms with E-state index in [4.69, 9.17) is 24.5 Å². The number of anilines is 3. The first kappa shape index (κ1) is 16.9. The van der Waals surface area contributed by atoms with Crippen LogP contribution in [0, 0.1) is 13.5 Å². The minimum atomic E-state index is -0.820. The van der Waals surface area contributed by atoms with Crippen LogP contribution in [0.2, 0.25) is 0 Å². The third-order valence-corrected chi connectivity index (χ3v) is 4.74. The van der Waals surface area contributed by atoms with Gasteiger partial charge < -0.3 is 10.6 Å². The molecule has 1 saturated heterocycles. The zero-order chi connectivity index (χ0) is 18.4. The van der Waals surface area contributed by atoms with E-state index in [-0.39, 0.29) is 5.91 Å². The lowest BCUT2D eigenvalue weighted by atomic mass is 10.0. The summed E-state index contributed by atoms with van der Waals surface area (Å²) in [5.74, 6) is -0.107. The van der Waals surface area contributed by atoms with Gasteiger partial charge in [0.15, 0.2) is 10.8 Å². The van der Waals surface area contributed by atoms with Gasteiger partial charge in [-0.05, 0) is 75.0 Å². The highest BCUT2D eigenvalue weighted by Gasteiger charge is 2.50. The number of aryl methyl sites for hydroxylation is 1. The maximum atomic E-state index is 13.1. The maximum absolute atomic E-state index is 13.1. The van der Waals surface area contributed by atoms with E-state index in [0.717, 1.165) is 11.3 Å². The third kappa shape index (κ3) is 2.63. The summed E-state index contributed by atoms with van der Waals surface area (Å²) in [5, 5.41) is 0.412. The number of hydrogen-bond acceptors (Lipinski definition) is 3. The van der Waals surface area contributed by atoms with Gasteiger partial charge in [0, 0.05) is 17.1 Å². The van der Waals surface area contributed by atoms with Crippen LogP contribution in [0.4, 0.5) is 22.7 Å². The van der Waals surface area contributed by atoms with Gasteiger partial charge in [0.05, 0.1) is 6.57 Å². The lowest BCUT2D eigenvalue weighted by Gasteiger charge is -2.29. The van der Waals surface area contributed by atoms with Crippen LogP contribution in [-0.4, -0.2) is 16.6 Å². The minimum absolute atomic E-state index is 0.107. The van der Waals surface area contributed by atoms with E-state index < -0.39 is 5.54 Å². The molecule has 0 aromatic heterocycles. The van der Waals surface area contributed by atoms with Crippen LogP contribution in [0.3, 0.4) is 0 Å². The second-order valence-corrected chi connectivity index (χ2v) is 6.86. The topological polar surface area (TPSA) is 53.9 Å². The van der Waals surface area contributed by atoms with E-state index in [0.29, 0.717) is 22.2 Å². The average Bonchev–Trinajstić information content (AvgIpc) is 2.74. The van der Waals surface area contributed by atoms with Gasteiger partial charge in [-0.2, -0.15) is 0 Å². The molecule has 1 fully saturated rings. The molecule has 0 radical (unpaired) electrons. The van der Waals surface area contributed by atoms with Crippen LogP contribution in [0.1, 0.15) is 19.4 Å². The van der Waals surface area contributed by atoms with Crippen molar-refractivity contribution in [3.63, 3.8) is 0 Å². The lowest BCUT2D eigenvalue weighted by Crippen LogP contribution is -2.44. The van der Waals surface area contributed by atoms with E-state index >= 15 is 0 Å². The maximum Gasteiger partial charge on any atom is 0.259 e. The summed E-state index contributed by atoms with van der Waals surface area (Å²) >= 11 is 5.63. The minimum Gasteiger partial charge on any atom is -0.399 e. The molecule has 0 atom stereocenters. The van der Waals surface area contributed by atoms with Crippen molar-refractivity contribution < 1.29 is 4.79 Å². The normalized spacial score (nSPS) is 16.2. The smallest absolute Gasteiger partial charge is 0.259 e. The molecular weight excluding hydrogens is 332 g/mol. The van der Waals surface area contributed by atoms with E-state index in [9.17, 15) is 4.79 Å². The highest BCUT2D eigenvalue weighted by atomic mass is 32.1. The number of amides is 1. The van der Waals surface area contributed by atoms with Crippen LogP contribution >= 0.6 is 12.2 Å². The first-order valence-corrected chi connectivity index (χ1v) is 8.20. The van der Waals surface area contributed by atoms with Crippen molar-refractivity contribution >= 4 is 46.0 Å². The van der Waals surface area contributed by atoms with E-state index in [1.165, 1.54) is 4.90 Å². The van der Waals surface area contributed by atoms with Crippen LogP contribution in [0.15, 0.2) is 42.5 Å². The molecule has 6 heteroatoms. The zero-order valence-electron chi connectivity index (χ0n) is 14.3. The molecule has 1 amide bonds. The SMILES string of the molecule is [C-]#[N+]c1ccc(N2C(=O)C(C)(C)N(c3ccc(N)cc3)C2=S)cc1C. The standard InChI is InChI=1S/C19H18N4OS/c1-12-11-15(9-10-16(12)21-4)22-17(24)19(2,3)23(18(22)25)14-7-5-13(20)6-8-14/h5-11H,20H2,1-3H3. The molecule has 1 heterocycles. The Balaban J connectivity index is 2.07. The number of benzene rings is 2. The van der Waals surface area contributed by atoms with Gasteiger partial charge in [-0.25, -0.2) is 4.85 Å². The number of carbonyl (C=O) groups excluding carboxylic acids is 1. The molecule has 25 heavy (non-hydrogen) atoms. The van der Waals surface area contributed by atoms with Crippen molar-refractivity contribution in [2.24, 2.45) is 0 Å². The second kappa shape index (κ2) is 5.87. The molecule has 2 N–H and O–H groups in total. The summed E-state index contributed by atoms with van der Waals surface area (Å²) in [5.41, 5.74) is 8.46. The molecule has 0 unspecified atom stereocenters. The third-order valence-electron chi connectivity index (χ3n) is 4.38. The molecular formula is C19H18N4OS. The Kier molecular flexibility index (Phi) is 3.97. The van der Waals surface area contributed by atoms with E-state index in [1.807, 2.05) is 43.9 Å². The quantitative estimate of drug-likeness (QED) is 0.504. The lowest BCUT2D eigenvalue weighted by molar-refractivity contribution is -0.120. The number of rotatable bonds is 2. The number of hydrogen-bond donors (Lipinski definition) is 1. The summed E-state index contributed by atoms with van der Waals surface area (Å²) in [7, 11) is 0. The van der Waals surface area contributed by atoms with Crippen LogP contribution in [0.25, 0.3) is 4.85 Å². The molecule has 0 spiro atoms. The summed E-state index contributed by atoms with van der Waals surface area (Å²) in [6.45, 7) is 12.7. The van der Waals surface area contributed by atoms with Gasteiger partial charge in [0.2, 0.25) is 0 Å². The first-order valence-electron chi connectivity index (χ1n) is 7.80. The second-order valence-electron chi connectivity index (χ2n) is 6.49. The van der Waals surface area contributed by atoms with Gasteiger partial charge in [-0.15, -0.1) is 0 Å². The first-order chi connectivity index (χ1) is 11.8. The van der Waals surface area contributed by atoms with Crippen LogP contribution in [0.5, 0.6) is 0 Å². The Labute approximate surface area is 152 Å². The number of nitrogen functional groups attached to an aromatic ring is 1. The summed E-state index contributed by atoms with van der Waals surface area (Å²) in [6.07, 6.45) is 0. The Morgan fingerprint density at radius 2 is 1.72 bits per heavy atom. The highest BCUT2D eigenvalue weighted by Crippen LogP contribution is 2.37. The van der Waals surface area contributed by atoms with Gasteiger partial charge >= 0.3 is 0 Å². The molecule has 0 bridgehead atoms. The molecule has 2 aromatic carbocycles. The highest BCUT2D eigenvalue weighted by molar-refractivity contribution is 7.81. The Morgan fingerprint density at radius 3 is 2.28 bits per heavy atom. The number of carbonyl (C=O) groups is 1. The Bertz CT molecular complexity index is 912. The van der Waals surface area contributed by atoms with Crippen molar-refractivity contribution in [3.8, 4) is 0 Å². The molecule has 3 rings (SSSR count). The van der Waals surface area contributed by atoms with Crippen molar-refractivity contribution in [2.45, 2.75) is 26.3 Å². The molecule has 2 aromatic rings. The van der Waals surface area contributed by atoms with Gasteiger partial charge in [0.25, 0.3) is 5.91 Å². The number of nitrogens with two attached hydrogens (primary N) is 1. The van der Waals surface area contributed by atoms with Crippen LogP contribution < -0.4 is 15.5 Å². The average molecular weight is 350 g/mol. The number of thiocarbonyl (C=S) groups is 1. The molecule has 126 valence electrons. The molecule has 5 nitrogen and oxygen atoms in total.